The van der Waals surface area contributed by atoms with Gasteiger partial charge in [0.1, 0.15) is 11.6 Å². The number of ether oxygens (including phenoxy) is 1. The van der Waals surface area contributed by atoms with Gasteiger partial charge in [-0.05, 0) is 49.4 Å². The molecule has 0 saturated carbocycles. The summed E-state index contributed by atoms with van der Waals surface area (Å²) in [6.07, 6.45) is 0. The highest BCUT2D eigenvalue weighted by Gasteiger charge is 2.20. The molecule has 0 aliphatic carbocycles. The van der Waals surface area contributed by atoms with Crippen LogP contribution < -0.4 is 10.1 Å². The second kappa shape index (κ2) is 8.62. The summed E-state index contributed by atoms with van der Waals surface area (Å²) in [6, 6.07) is 11.0. The van der Waals surface area contributed by atoms with Gasteiger partial charge in [0.25, 0.3) is 0 Å². The zero-order valence-electron chi connectivity index (χ0n) is 15.4. The van der Waals surface area contributed by atoms with Crippen molar-refractivity contribution >= 4 is 35.0 Å². The molecular weight excluding hydrogens is 403 g/mol. The van der Waals surface area contributed by atoms with Crippen LogP contribution in [-0.2, 0) is 11.8 Å². The number of hydrogen-bond donors (Lipinski definition) is 1. The molecule has 0 saturated heterocycles. The number of anilines is 1. The lowest BCUT2D eigenvalue weighted by atomic mass is 10.2. The lowest BCUT2D eigenvalue weighted by Gasteiger charge is -2.14. The maximum absolute atomic E-state index is 13.1. The van der Waals surface area contributed by atoms with E-state index in [1.54, 1.807) is 48.9 Å². The van der Waals surface area contributed by atoms with Gasteiger partial charge in [0.15, 0.2) is 11.0 Å². The number of carbonyl (C=O) groups is 1. The van der Waals surface area contributed by atoms with Crippen molar-refractivity contribution in [3.8, 4) is 17.1 Å². The molecule has 0 fully saturated rings. The van der Waals surface area contributed by atoms with Gasteiger partial charge in [0.05, 0.1) is 18.0 Å². The van der Waals surface area contributed by atoms with Crippen LogP contribution in [0.3, 0.4) is 0 Å². The van der Waals surface area contributed by atoms with Crippen molar-refractivity contribution < 1.29 is 13.9 Å². The number of aromatic nitrogens is 3. The van der Waals surface area contributed by atoms with E-state index in [0.29, 0.717) is 27.4 Å². The van der Waals surface area contributed by atoms with Gasteiger partial charge < -0.3 is 14.6 Å². The first-order valence-corrected chi connectivity index (χ1v) is 9.61. The number of benzene rings is 2. The van der Waals surface area contributed by atoms with E-state index in [4.69, 9.17) is 16.3 Å². The average Bonchev–Trinajstić information content (AvgIpc) is 3.03. The van der Waals surface area contributed by atoms with Crippen LogP contribution in [0.2, 0.25) is 5.02 Å². The van der Waals surface area contributed by atoms with Crippen molar-refractivity contribution in [3.05, 3.63) is 53.3 Å². The highest BCUT2D eigenvalue weighted by atomic mass is 35.5. The molecule has 0 bridgehead atoms. The Hall–Kier alpha value is -2.58. The Labute approximate surface area is 171 Å². The van der Waals surface area contributed by atoms with Crippen LogP contribution in [-0.4, -0.2) is 33.0 Å². The Balaban J connectivity index is 1.73. The lowest BCUT2D eigenvalue weighted by molar-refractivity contribution is -0.115. The predicted molar refractivity (Wildman–Crippen MR) is 108 cm³/mol. The second-order valence-corrected chi connectivity index (χ2v) is 7.71. The molecule has 3 rings (SSSR count). The highest BCUT2D eigenvalue weighted by Crippen LogP contribution is 2.30. The average molecular weight is 421 g/mol. The Bertz CT molecular complexity index is 994. The van der Waals surface area contributed by atoms with E-state index in [-0.39, 0.29) is 11.7 Å². The molecule has 1 aromatic heterocycles. The number of methoxy groups -OCH3 is 1. The normalized spacial score (nSPS) is 11.9. The number of amides is 1. The topological polar surface area (TPSA) is 69.0 Å². The van der Waals surface area contributed by atoms with Crippen LogP contribution in [0.25, 0.3) is 11.4 Å². The van der Waals surface area contributed by atoms with Crippen molar-refractivity contribution in [2.45, 2.75) is 17.3 Å². The van der Waals surface area contributed by atoms with Crippen LogP contribution in [0.15, 0.2) is 47.6 Å². The van der Waals surface area contributed by atoms with Gasteiger partial charge in [-0.15, -0.1) is 10.2 Å². The minimum Gasteiger partial charge on any atom is -0.495 e. The van der Waals surface area contributed by atoms with E-state index >= 15 is 0 Å². The highest BCUT2D eigenvalue weighted by molar-refractivity contribution is 8.00. The number of thioether (sulfide) groups is 1. The molecule has 1 N–H and O–H groups in total. The van der Waals surface area contributed by atoms with Crippen molar-refractivity contribution in [3.63, 3.8) is 0 Å². The molecule has 28 heavy (non-hydrogen) atoms. The smallest absolute Gasteiger partial charge is 0.237 e. The fourth-order valence-corrected chi connectivity index (χ4v) is 3.48. The molecular formula is C19H18ClFN4O2S. The molecule has 3 aromatic rings. The molecule has 1 unspecified atom stereocenters. The van der Waals surface area contributed by atoms with Gasteiger partial charge in [-0.1, -0.05) is 23.4 Å². The summed E-state index contributed by atoms with van der Waals surface area (Å²) in [4.78, 5) is 12.6. The fourth-order valence-electron chi connectivity index (χ4n) is 2.49. The first-order valence-electron chi connectivity index (χ1n) is 8.35. The number of nitrogens with one attached hydrogen (secondary N) is 1. The van der Waals surface area contributed by atoms with Gasteiger partial charge in [0.2, 0.25) is 5.91 Å². The Morgan fingerprint density at radius 1 is 1.25 bits per heavy atom. The zero-order chi connectivity index (χ0) is 20.3. The molecule has 1 atom stereocenters. The molecule has 0 aliphatic heterocycles. The van der Waals surface area contributed by atoms with Gasteiger partial charge in [-0.25, -0.2) is 4.39 Å². The Kier molecular flexibility index (Phi) is 6.21. The molecule has 1 heterocycles. The largest absolute Gasteiger partial charge is 0.495 e. The van der Waals surface area contributed by atoms with Gasteiger partial charge in [-0.2, -0.15) is 0 Å². The summed E-state index contributed by atoms with van der Waals surface area (Å²) >= 11 is 7.26. The monoisotopic (exact) mass is 420 g/mol. The minimum atomic E-state index is -0.451. The number of nitrogens with zero attached hydrogens (tertiary/aromatic N) is 3. The van der Waals surface area contributed by atoms with Gasteiger partial charge in [-0.3, -0.25) is 4.79 Å². The van der Waals surface area contributed by atoms with Crippen LogP contribution in [0, 0.1) is 5.82 Å². The summed E-state index contributed by atoms with van der Waals surface area (Å²) in [7, 11) is 3.32. The maximum Gasteiger partial charge on any atom is 0.237 e. The summed E-state index contributed by atoms with van der Waals surface area (Å²) in [6.45, 7) is 1.77. The predicted octanol–water partition coefficient (Wildman–Crippen LogP) is 4.40. The standard InChI is InChI=1S/C19H18ClFN4O2S/c1-11(18(26)22-15-10-13(20)6-9-16(15)27-3)28-19-24-23-17(25(19)2)12-4-7-14(21)8-5-12/h4-11H,1-3H3,(H,22,26). The lowest BCUT2D eigenvalue weighted by Crippen LogP contribution is -2.23. The van der Waals surface area contributed by atoms with Crippen LogP contribution in [0.1, 0.15) is 6.92 Å². The number of rotatable bonds is 6. The summed E-state index contributed by atoms with van der Waals surface area (Å²) < 4.78 is 20.1. The Morgan fingerprint density at radius 2 is 1.96 bits per heavy atom. The molecule has 0 spiro atoms. The quantitative estimate of drug-likeness (QED) is 0.598. The van der Waals surface area contributed by atoms with E-state index in [1.807, 2.05) is 0 Å². The maximum atomic E-state index is 13.1. The summed E-state index contributed by atoms with van der Waals surface area (Å²) in [5.74, 6) is 0.568. The molecule has 0 aliphatic rings. The SMILES string of the molecule is COc1ccc(Cl)cc1NC(=O)C(C)Sc1nnc(-c2ccc(F)cc2)n1C. The third kappa shape index (κ3) is 4.45. The second-order valence-electron chi connectivity index (χ2n) is 5.97. The molecule has 2 aromatic carbocycles. The van der Waals surface area contributed by atoms with Gasteiger partial charge >= 0.3 is 0 Å². The van der Waals surface area contributed by atoms with E-state index < -0.39 is 5.25 Å². The third-order valence-electron chi connectivity index (χ3n) is 4.01. The number of hydrogen-bond acceptors (Lipinski definition) is 5. The van der Waals surface area contributed by atoms with Crippen molar-refractivity contribution in [1.29, 1.82) is 0 Å². The minimum absolute atomic E-state index is 0.225. The van der Waals surface area contributed by atoms with E-state index in [0.717, 1.165) is 5.56 Å². The van der Waals surface area contributed by atoms with Crippen molar-refractivity contribution in [1.82, 2.24) is 14.8 Å². The summed E-state index contributed by atoms with van der Waals surface area (Å²) in [5.41, 5.74) is 1.24. The van der Waals surface area contributed by atoms with E-state index in [1.165, 1.54) is 31.0 Å². The third-order valence-corrected chi connectivity index (χ3v) is 5.38. The fraction of sp³-hybridized carbons (Fsp3) is 0.211. The van der Waals surface area contributed by atoms with E-state index in [9.17, 15) is 9.18 Å². The summed E-state index contributed by atoms with van der Waals surface area (Å²) in [5, 5.41) is 11.7. The van der Waals surface area contributed by atoms with Gasteiger partial charge in [0, 0.05) is 17.6 Å². The van der Waals surface area contributed by atoms with Crippen LogP contribution in [0.4, 0.5) is 10.1 Å². The Morgan fingerprint density at radius 3 is 2.64 bits per heavy atom. The molecule has 9 heteroatoms. The van der Waals surface area contributed by atoms with Crippen molar-refractivity contribution in [2.24, 2.45) is 7.05 Å². The van der Waals surface area contributed by atoms with Crippen molar-refractivity contribution in [2.75, 3.05) is 12.4 Å². The first kappa shape index (κ1) is 20.2. The molecule has 6 nitrogen and oxygen atoms in total. The number of halogens is 2. The molecule has 1 amide bonds. The molecule has 146 valence electrons. The van der Waals surface area contributed by atoms with E-state index in [2.05, 4.69) is 15.5 Å². The first-order chi connectivity index (χ1) is 13.4. The number of carbonyl (C=O) groups excluding carboxylic acids is 1. The van der Waals surface area contributed by atoms with Crippen LogP contribution >= 0.6 is 23.4 Å². The molecule has 0 radical (unpaired) electrons. The van der Waals surface area contributed by atoms with Crippen LogP contribution in [0.5, 0.6) is 5.75 Å². The zero-order valence-corrected chi connectivity index (χ0v) is 17.0.